The first-order chi connectivity index (χ1) is 13.2. The minimum absolute atomic E-state index is 0.176. The highest BCUT2D eigenvalue weighted by Gasteiger charge is 2.62. The Kier molecular flexibility index (Phi) is 5.36. The van der Waals surface area contributed by atoms with E-state index in [9.17, 15) is 15.0 Å². The molecule has 4 fully saturated rings. The SMILES string of the molecule is C[C@H](CCC(=O)O)[C@H]1CC[C@@H]2[C@@H]3C[C@H](O)[C@@H]4C[C@H](O)CC[C@]4(C)[C@@H]3CC[C@@]21C. The number of aliphatic hydroxyl groups excluding tert-OH is 2. The second-order valence-electron chi connectivity index (χ2n) is 11.4. The zero-order chi connectivity index (χ0) is 20.3. The van der Waals surface area contributed by atoms with Crippen LogP contribution in [-0.2, 0) is 4.79 Å². The first-order valence-electron chi connectivity index (χ1n) is 11.7. The van der Waals surface area contributed by atoms with Crippen molar-refractivity contribution in [1.29, 1.82) is 0 Å². The van der Waals surface area contributed by atoms with Crippen LogP contribution in [0.4, 0.5) is 0 Å². The maximum Gasteiger partial charge on any atom is 0.303 e. The lowest BCUT2D eigenvalue weighted by Gasteiger charge is -2.62. The fourth-order valence-corrected chi connectivity index (χ4v) is 8.81. The van der Waals surface area contributed by atoms with Crippen LogP contribution in [0, 0.1) is 46.3 Å². The first kappa shape index (κ1) is 20.7. The van der Waals surface area contributed by atoms with Crippen molar-refractivity contribution in [1.82, 2.24) is 0 Å². The molecule has 0 bridgehead atoms. The van der Waals surface area contributed by atoms with Crippen LogP contribution < -0.4 is 0 Å². The molecule has 160 valence electrons. The summed E-state index contributed by atoms with van der Waals surface area (Å²) < 4.78 is 0. The second-order valence-corrected chi connectivity index (χ2v) is 11.4. The summed E-state index contributed by atoms with van der Waals surface area (Å²) >= 11 is 0. The van der Waals surface area contributed by atoms with E-state index in [2.05, 4.69) is 20.8 Å². The van der Waals surface area contributed by atoms with E-state index in [1.54, 1.807) is 0 Å². The predicted octanol–water partition coefficient (Wildman–Crippen LogP) is 4.48. The molecule has 4 rings (SSSR count). The average Bonchev–Trinajstić information content (AvgIpc) is 2.99. The Hall–Kier alpha value is -0.610. The van der Waals surface area contributed by atoms with Gasteiger partial charge in [0.15, 0.2) is 0 Å². The molecule has 4 aliphatic carbocycles. The number of hydrogen-bond donors (Lipinski definition) is 3. The minimum atomic E-state index is -0.677. The molecule has 28 heavy (non-hydrogen) atoms. The van der Waals surface area contributed by atoms with Gasteiger partial charge in [0.25, 0.3) is 0 Å². The molecule has 4 heteroatoms. The van der Waals surface area contributed by atoms with E-state index in [1.165, 1.54) is 25.7 Å². The van der Waals surface area contributed by atoms with Crippen LogP contribution in [0.1, 0.15) is 85.0 Å². The van der Waals surface area contributed by atoms with Gasteiger partial charge in [-0.3, -0.25) is 4.79 Å². The lowest BCUT2D eigenvalue weighted by Crippen LogP contribution is -2.58. The molecule has 0 aromatic heterocycles. The van der Waals surface area contributed by atoms with Crippen LogP contribution >= 0.6 is 0 Å². The zero-order valence-electron chi connectivity index (χ0n) is 17.9. The van der Waals surface area contributed by atoms with E-state index in [0.29, 0.717) is 35.0 Å². The molecule has 0 aromatic rings. The Labute approximate surface area is 170 Å². The van der Waals surface area contributed by atoms with Crippen molar-refractivity contribution in [2.45, 2.75) is 97.2 Å². The standard InChI is InChI=1S/C24H40O4/c1-14(4-7-22(27)28)17-5-6-18-16-13-21(26)20-12-15(25)8-10-24(20,3)19(16)9-11-23(17,18)2/h14-21,25-26H,4-13H2,1-3H3,(H,27,28)/t14-,15-,16+,17-,18-,19-,20+,21+,23-,24-/m1/s1. The highest BCUT2D eigenvalue weighted by Crippen LogP contribution is 2.68. The monoisotopic (exact) mass is 392 g/mol. The Bertz CT molecular complexity index is 605. The summed E-state index contributed by atoms with van der Waals surface area (Å²) in [7, 11) is 0. The molecule has 4 saturated carbocycles. The third kappa shape index (κ3) is 3.14. The lowest BCUT2D eigenvalue weighted by molar-refractivity contribution is -0.172. The van der Waals surface area contributed by atoms with Crippen LogP contribution in [-0.4, -0.2) is 33.5 Å². The van der Waals surface area contributed by atoms with E-state index in [-0.39, 0.29) is 30.0 Å². The smallest absolute Gasteiger partial charge is 0.303 e. The van der Waals surface area contributed by atoms with Gasteiger partial charge in [-0.25, -0.2) is 0 Å². The fourth-order valence-electron chi connectivity index (χ4n) is 8.81. The molecule has 0 heterocycles. The van der Waals surface area contributed by atoms with Crippen molar-refractivity contribution in [3.05, 3.63) is 0 Å². The number of hydrogen-bond acceptors (Lipinski definition) is 3. The highest BCUT2D eigenvalue weighted by molar-refractivity contribution is 5.66. The van der Waals surface area contributed by atoms with Gasteiger partial charge in [0.1, 0.15) is 0 Å². The van der Waals surface area contributed by atoms with E-state index < -0.39 is 5.97 Å². The van der Waals surface area contributed by atoms with Crippen molar-refractivity contribution in [3.8, 4) is 0 Å². The molecule has 0 unspecified atom stereocenters. The van der Waals surface area contributed by atoms with Crippen molar-refractivity contribution in [3.63, 3.8) is 0 Å². The van der Waals surface area contributed by atoms with Crippen molar-refractivity contribution in [2.75, 3.05) is 0 Å². The molecule has 0 saturated heterocycles. The Morgan fingerprint density at radius 3 is 2.36 bits per heavy atom. The summed E-state index contributed by atoms with van der Waals surface area (Å²) in [5.74, 6) is 2.61. The summed E-state index contributed by atoms with van der Waals surface area (Å²) in [6, 6.07) is 0. The van der Waals surface area contributed by atoms with Gasteiger partial charge in [-0.05, 0) is 104 Å². The summed E-state index contributed by atoms with van der Waals surface area (Å²) in [6.45, 7) is 7.16. The second kappa shape index (κ2) is 7.27. The van der Waals surface area contributed by atoms with Crippen LogP contribution in [0.5, 0.6) is 0 Å². The maximum absolute atomic E-state index is 11.1. The van der Waals surface area contributed by atoms with Gasteiger partial charge in [0.05, 0.1) is 12.2 Å². The molecule has 0 radical (unpaired) electrons. The van der Waals surface area contributed by atoms with Crippen molar-refractivity contribution >= 4 is 5.97 Å². The molecular formula is C24H40O4. The minimum Gasteiger partial charge on any atom is -0.481 e. The summed E-state index contributed by atoms with van der Waals surface area (Å²) in [5.41, 5.74) is 0.478. The molecule has 0 amide bonds. The summed E-state index contributed by atoms with van der Waals surface area (Å²) in [5, 5.41) is 30.4. The van der Waals surface area contributed by atoms with Gasteiger partial charge >= 0.3 is 5.97 Å². The summed E-state index contributed by atoms with van der Waals surface area (Å²) in [4.78, 5) is 11.1. The molecular weight excluding hydrogens is 352 g/mol. The third-order valence-corrected chi connectivity index (χ3v) is 10.2. The van der Waals surface area contributed by atoms with Crippen LogP contribution in [0.25, 0.3) is 0 Å². The van der Waals surface area contributed by atoms with Gasteiger partial charge in [0, 0.05) is 6.42 Å². The number of carboxylic acid groups (broad SMARTS) is 1. The predicted molar refractivity (Wildman–Crippen MR) is 109 cm³/mol. The van der Waals surface area contributed by atoms with Crippen LogP contribution in [0.15, 0.2) is 0 Å². The van der Waals surface area contributed by atoms with Crippen molar-refractivity contribution in [2.24, 2.45) is 46.3 Å². The van der Waals surface area contributed by atoms with Crippen LogP contribution in [0.2, 0.25) is 0 Å². The van der Waals surface area contributed by atoms with Crippen LogP contribution in [0.3, 0.4) is 0 Å². The molecule has 10 atom stereocenters. The number of fused-ring (bicyclic) bond motifs is 5. The third-order valence-electron chi connectivity index (χ3n) is 10.2. The largest absolute Gasteiger partial charge is 0.481 e. The van der Waals surface area contributed by atoms with Crippen molar-refractivity contribution < 1.29 is 20.1 Å². The van der Waals surface area contributed by atoms with Gasteiger partial charge in [-0.1, -0.05) is 20.8 Å². The Balaban J connectivity index is 1.55. The van der Waals surface area contributed by atoms with Gasteiger partial charge in [-0.2, -0.15) is 0 Å². The molecule has 0 aliphatic heterocycles. The molecule has 4 aliphatic rings. The summed E-state index contributed by atoms with van der Waals surface area (Å²) in [6.07, 6.45) is 9.16. The quantitative estimate of drug-likeness (QED) is 0.659. The number of carbonyl (C=O) groups is 1. The fraction of sp³-hybridized carbons (Fsp3) is 0.958. The molecule has 0 aromatic carbocycles. The van der Waals surface area contributed by atoms with Gasteiger partial charge < -0.3 is 15.3 Å². The number of rotatable bonds is 4. The molecule has 4 nitrogen and oxygen atoms in total. The van der Waals surface area contributed by atoms with Gasteiger partial charge in [-0.15, -0.1) is 0 Å². The number of aliphatic carboxylic acids is 1. The number of aliphatic hydroxyl groups is 2. The highest BCUT2D eigenvalue weighted by atomic mass is 16.4. The molecule has 3 N–H and O–H groups in total. The lowest BCUT2D eigenvalue weighted by atomic mass is 9.44. The maximum atomic E-state index is 11.1. The number of carboxylic acids is 1. The Morgan fingerprint density at radius 2 is 1.64 bits per heavy atom. The first-order valence-corrected chi connectivity index (χ1v) is 11.7. The zero-order valence-corrected chi connectivity index (χ0v) is 17.9. The van der Waals surface area contributed by atoms with E-state index in [1.807, 2.05) is 0 Å². The van der Waals surface area contributed by atoms with E-state index >= 15 is 0 Å². The van der Waals surface area contributed by atoms with Gasteiger partial charge in [0.2, 0.25) is 0 Å². The topological polar surface area (TPSA) is 77.8 Å². The van der Waals surface area contributed by atoms with E-state index in [4.69, 9.17) is 5.11 Å². The normalized spacial score (nSPS) is 51.7. The molecule has 0 spiro atoms. The average molecular weight is 393 g/mol. The Morgan fingerprint density at radius 1 is 0.964 bits per heavy atom. The van der Waals surface area contributed by atoms with E-state index in [0.717, 1.165) is 32.1 Å².